The van der Waals surface area contributed by atoms with Crippen LogP contribution in [0.3, 0.4) is 0 Å². The average molecular weight is 416 g/mol. The highest BCUT2D eigenvalue weighted by molar-refractivity contribution is 7.93. The Labute approximate surface area is 171 Å². The summed E-state index contributed by atoms with van der Waals surface area (Å²) in [4.78, 5) is 25.2. The maximum Gasteiger partial charge on any atom is 0.338 e. The van der Waals surface area contributed by atoms with E-state index in [4.69, 9.17) is 4.74 Å². The molecule has 6 nitrogen and oxygen atoms in total. The molecule has 0 aromatic heterocycles. The number of sulfonamides is 1. The second-order valence-corrected chi connectivity index (χ2v) is 9.46. The minimum absolute atomic E-state index is 0.133. The van der Waals surface area contributed by atoms with Gasteiger partial charge in [0.15, 0.2) is 6.10 Å². The summed E-state index contributed by atoms with van der Waals surface area (Å²) in [6.07, 6.45) is -0.342. The van der Waals surface area contributed by atoms with Crippen LogP contribution in [0, 0.1) is 20.8 Å². The molecule has 0 saturated carbocycles. The molecule has 0 bridgehead atoms. The largest absolute Gasteiger partial charge is 0.451 e. The SMILES string of the molecule is Cc1cc(C)c(C(=O)[C@H](C)OC(=O)c2ccc(N3CCCS3(=O)=O)cc2)cc1C. The summed E-state index contributed by atoms with van der Waals surface area (Å²) < 4.78 is 30.7. The Morgan fingerprint density at radius 3 is 2.21 bits per heavy atom. The fraction of sp³-hybridized carbons (Fsp3) is 0.364. The molecule has 0 unspecified atom stereocenters. The van der Waals surface area contributed by atoms with Crippen molar-refractivity contribution in [3.05, 3.63) is 64.2 Å². The van der Waals surface area contributed by atoms with E-state index < -0.39 is 22.1 Å². The normalized spacial score (nSPS) is 16.5. The van der Waals surface area contributed by atoms with Gasteiger partial charge in [-0.1, -0.05) is 6.07 Å². The highest BCUT2D eigenvalue weighted by atomic mass is 32.2. The van der Waals surface area contributed by atoms with Gasteiger partial charge in [-0.3, -0.25) is 9.10 Å². The van der Waals surface area contributed by atoms with Gasteiger partial charge >= 0.3 is 5.97 Å². The lowest BCUT2D eigenvalue weighted by Crippen LogP contribution is -2.26. The summed E-state index contributed by atoms with van der Waals surface area (Å²) in [7, 11) is -3.27. The van der Waals surface area contributed by atoms with Gasteiger partial charge in [0.25, 0.3) is 0 Å². The zero-order chi connectivity index (χ0) is 21.3. The van der Waals surface area contributed by atoms with Crippen molar-refractivity contribution in [2.45, 2.75) is 40.2 Å². The smallest absolute Gasteiger partial charge is 0.338 e. The van der Waals surface area contributed by atoms with Gasteiger partial charge in [0.1, 0.15) is 0 Å². The fourth-order valence-corrected chi connectivity index (χ4v) is 4.98. The van der Waals surface area contributed by atoms with Gasteiger partial charge in [0.2, 0.25) is 15.8 Å². The Morgan fingerprint density at radius 1 is 1.00 bits per heavy atom. The van der Waals surface area contributed by atoms with Crippen LogP contribution in [0.15, 0.2) is 36.4 Å². The van der Waals surface area contributed by atoms with Crippen molar-refractivity contribution >= 4 is 27.5 Å². The molecule has 29 heavy (non-hydrogen) atoms. The topological polar surface area (TPSA) is 80.8 Å². The van der Waals surface area contributed by atoms with Crippen LogP contribution in [0.5, 0.6) is 0 Å². The third kappa shape index (κ3) is 4.34. The highest BCUT2D eigenvalue weighted by Gasteiger charge is 2.28. The van der Waals surface area contributed by atoms with E-state index >= 15 is 0 Å². The standard InChI is InChI=1S/C22H25NO5S/c1-14-12-16(3)20(13-15(14)2)21(24)17(4)28-22(25)18-6-8-19(9-7-18)23-10-5-11-29(23,26)27/h6-9,12-13,17H,5,10-11H2,1-4H3/t17-/m0/s1. The first kappa shape index (κ1) is 21.0. The number of ketones is 1. The molecule has 0 amide bonds. The third-order valence-electron chi connectivity index (χ3n) is 5.25. The number of carbonyl (C=O) groups excluding carboxylic acids is 2. The Balaban J connectivity index is 1.71. The highest BCUT2D eigenvalue weighted by Crippen LogP contribution is 2.24. The molecule has 1 aliphatic heterocycles. The van der Waals surface area contributed by atoms with E-state index in [1.54, 1.807) is 19.1 Å². The molecule has 2 aromatic rings. The molecule has 1 saturated heterocycles. The predicted octanol–water partition coefficient (Wildman–Crippen LogP) is 3.58. The van der Waals surface area contributed by atoms with Crippen LogP contribution in [-0.4, -0.2) is 38.6 Å². The zero-order valence-corrected chi connectivity index (χ0v) is 17.9. The van der Waals surface area contributed by atoms with Crippen molar-refractivity contribution in [2.24, 2.45) is 0 Å². The van der Waals surface area contributed by atoms with E-state index in [-0.39, 0.29) is 17.1 Å². The van der Waals surface area contributed by atoms with Crippen molar-refractivity contribution in [3.8, 4) is 0 Å². The summed E-state index contributed by atoms with van der Waals surface area (Å²) in [5, 5.41) is 0. The number of ether oxygens (including phenoxy) is 1. The fourth-order valence-electron chi connectivity index (χ4n) is 3.42. The first-order chi connectivity index (χ1) is 13.6. The number of rotatable bonds is 5. The maximum absolute atomic E-state index is 12.7. The molecule has 0 aliphatic carbocycles. The van der Waals surface area contributed by atoms with E-state index in [1.165, 1.54) is 16.4 Å². The first-order valence-electron chi connectivity index (χ1n) is 9.53. The monoisotopic (exact) mass is 415 g/mol. The van der Waals surface area contributed by atoms with Gasteiger partial charge in [-0.15, -0.1) is 0 Å². The Bertz CT molecular complexity index is 1060. The van der Waals surface area contributed by atoms with Gasteiger partial charge < -0.3 is 4.74 Å². The van der Waals surface area contributed by atoms with Crippen molar-refractivity contribution in [3.63, 3.8) is 0 Å². The number of esters is 1. The number of Topliss-reactive ketones (excluding diaryl/α,β-unsaturated/α-hetero) is 1. The molecule has 1 atom stereocenters. The van der Waals surface area contributed by atoms with Gasteiger partial charge in [-0.25, -0.2) is 13.2 Å². The number of carbonyl (C=O) groups is 2. The second-order valence-electron chi connectivity index (χ2n) is 7.45. The lowest BCUT2D eigenvalue weighted by atomic mass is 9.96. The molecule has 3 rings (SSSR count). The van der Waals surface area contributed by atoms with E-state index in [0.717, 1.165) is 16.7 Å². The molecule has 154 valence electrons. The lowest BCUT2D eigenvalue weighted by molar-refractivity contribution is 0.0318. The summed E-state index contributed by atoms with van der Waals surface area (Å²) in [5.74, 6) is -0.740. The lowest BCUT2D eigenvalue weighted by Gasteiger charge is -2.17. The van der Waals surface area contributed by atoms with Crippen LogP contribution in [0.25, 0.3) is 0 Å². The molecular weight excluding hydrogens is 390 g/mol. The first-order valence-corrected chi connectivity index (χ1v) is 11.1. The number of hydrogen-bond acceptors (Lipinski definition) is 5. The quantitative estimate of drug-likeness (QED) is 0.551. The molecule has 2 aromatic carbocycles. The zero-order valence-electron chi connectivity index (χ0n) is 17.1. The second kappa shape index (κ2) is 7.99. The molecule has 1 aliphatic rings. The van der Waals surface area contributed by atoms with Crippen molar-refractivity contribution in [2.75, 3.05) is 16.6 Å². The summed E-state index contributed by atoms with van der Waals surface area (Å²) in [5.41, 5.74) is 4.28. The van der Waals surface area contributed by atoms with E-state index in [9.17, 15) is 18.0 Å². The van der Waals surface area contributed by atoms with Crippen LogP contribution in [0.2, 0.25) is 0 Å². The van der Waals surface area contributed by atoms with Crippen LogP contribution < -0.4 is 4.31 Å². The van der Waals surface area contributed by atoms with E-state index in [2.05, 4.69) is 0 Å². The molecule has 0 radical (unpaired) electrons. The van der Waals surface area contributed by atoms with Crippen LogP contribution in [0.1, 0.15) is 50.8 Å². The van der Waals surface area contributed by atoms with Gasteiger partial charge in [-0.05, 0) is 81.1 Å². The molecule has 1 heterocycles. The van der Waals surface area contributed by atoms with E-state index in [0.29, 0.717) is 24.2 Å². The van der Waals surface area contributed by atoms with Crippen molar-refractivity contribution in [1.82, 2.24) is 0 Å². The van der Waals surface area contributed by atoms with Crippen LogP contribution in [-0.2, 0) is 14.8 Å². The summed E-state index contributed by atoms with van der Waals surface area (Å²) in [6, 6.07) is 9.97. The Kier molecular flexibility index (Phi) is 5.80. The number of nitrogens with zero attached hydrogens (tertiary/aromatic N) is 1. The van der Waals surface area contributed by atoms with Gasteiger partial charge in [0, 0.05) is 12.1 Å². The number of hydrogen-bond donors (Lipinski definition) is 0. The van der Waals surface area contributed by atoms with Crippen LogP contribution >= 0.6 is 0 Å². The van der Waals surface area contributed by atoms with Gasteiger partial charge in [0.05, 0.1) is 17.0 Å². The summed E-state index contributed by atoms with van der Waals surface area (Å²) in [6.45, 7) is 7.77. The molecule has 0 N–H and O–H groups in total. The average Bonchev–Trinajstić information content (AvgIpc) is 3.03. The third-order valence-corrected chi connectivity index (χ3v) is 7.12. The maximum atomic E-state index is 12.7. The van der Waals surface area contributed by atoms with Gasteiger partial charge in [-0.2, -0.15) is 0 Å². The van der Waals surface area contributed by atoms with Crippen molar-refractivity contribution < 1.29 is 22.7 Å². The Hall–Kier alpha value is -2.67. The molecular formula is C22H25NO5S. The minimum Gasteiger partial charge on any atom is -0.451 e. The molecule has 0 spiro atoms. The number of benzene rings is 2. The molecule has 1 fully saturated rings. The van der Waals surface area contributed by atoms with Crippen LogP contribution in [0.4, 0.5) is 5.69 Å². The van der Waals surface area contributed by atoms with Crippen molar-refractivity contribution in [1.29, 1.82) is 0 Å². The predicted molar refractivity (Wildman–Crippen MR) is 112 cm³/mol. The minimum atomic E-state index is -3.27. The number of aryl methyl sites for hydroxylation is 3. The number of anilines is 1. The van der Waals surface area contributed by atoms with E-state index in [1.807, 2.05) is 32.9 Å². The Morgan fingerprint density at radius 2 is 1.62 bits per heavy atom. The summed E-state index contributed by atoms with van der Waals surface area (Å²) >= 11 is 0. The molecule has 7 heteroatoms.